The first-order valence-corrected chi connectivity index (χ1v) is 22.4. The summed E-state index contributed by atoms with van der Waals surface area (Å²) in [5.74, 6) is 2.91. The fourth-order valence-corrected chi connectivity index (χ4v) is 7.58. The Kier molecular flexibility index (Phi) is 19.2. The van der Waals surface area contributed by atoms with Gasteiger partial charge in [0.05, 0.1) is 47.7 Å². The van der Waals surface area contributed by atoms with Crippen molar-refractivity contribution >= 4 is 11.8 Å². The second kappa shape index (κ2) is 25.1. The van der Waals surface area contributed by atoms with Crippen LogP contribution in [0.5, 0.6) is 23.0 Å². The van der Waals surface area contributed by atoms with E-state index in [1.54, 1.807) is 28.4 Å². The molecule has 2 atom stereocenters. The lowest BCUT2D eigenvalue weighted by molar-refractivity contribution is -0.125. The molecule has 0 aliphatic carbocycles. The van der Waals surface area contributed by atoms with Crippen molar-refractivity contribution in [3.63, 3.8) is 0 Å². The minimum Gasteiger partial charge on any atom is -0.497 e. The van der Waals surface area contributed by atoms with E-state index in [2.05, 4.69) is 22.8 Å². The number of hydrogen-bond donors (Lipinski definition) is 3. The zero-order chi connectivity index (χ0) is 47.4. The number of rotatable bonds is 22. The lowest BCUT2D eigenvalue weighted by Gasteiger charge is -2.36. The number of nitrogens with two attached hydrogens (primary N) is 1. The van der Waals surface area contributed by atoms with Gasteiger partial charge >= 0.3 is 0 Å². The number of ether oxygens (including phenoxy) is 6. The van der Waals surface area contributed by atoms with Gasteiger partial charge in [-0.3, -0.25) is 9.59 Å². The zero-order valence-corrected chi connectivity index (χ0v) is 39.3. The van der Waals surface area contributed by atoms with E-state index in [1.165, 1.54) is 0 Å². The molecular weight excluding hydrogens is 831 g/mol. The Morgan fingerprint density at radius 1 is 0.455 bits per heavy atom. The van der Waals surface area contributed by atoms with Gasteiger partial charge in [-0.15, -0.1) is 0 Å². The van der Waals surface area contributed by atoms with E-state index in [9.17, 15) is 9.59 Å². The number of amides is 2. The molecule has 0 heterocycles. The van der Waals surface area contributed by atoms with Gasteiger partial charge < -0.3 is 44.8 Å². The van der Waals surface area contributed by atoms with Crippen LogP contribution in [0, 0.1) is 5.92 Å². The first kappa shape index (κ1) is 50.3. The van der Waals surface area contributed by atoms with Crippen molar-refractivity contribution in [1.29, 1.82) is 0 Å². The van der Waals surface area contributed by atoms with Crippen LogP contribution in [0.15, 0.2) is 158 Å². The molecule has 66 heavy (non-hydrogen) atoms. The molecule has 0 spiro atoms. The Morgan fingerprint density at radius 2 is 0.742 bits per heavy atom. The van der Waals surface area contributed by atoms with E-state index in [-0.39, 0.29) is 24.3 Å². The SMILES string of the molecule is CCC(C)C(=O)NCCOC(c1ccccc1)(c1ccc(OC)cc1)c1ccc(OC)cc1.CCC(N)C(=O)NCCOC(c1ccccc1)(c1ccc(OC)cc1)c1ccc(OC)cc1. The van der Waals surface area contributed by atoms with Crippen LogP contribution < -0.4 is 35.3 Å². The van der Waals surface area contributed by atoms with E-state index < -0.39 is 17.2 Å². The topological polar surface area (TPSA) is 140 Å². The maximum atomic E-state index is 12.3. The van der Waals surface area contributed by atoms with E-state index in [1.807, 2.05) is 166 Å². The summed E-state index contributed by atoms with van der Waals surface area (Å²) in [6, 6.07) is 51.1. The number of carbonyl (C=O) groups excluding carboxylic acids is 2. The van der Waals surface area contributed by atoms with Gasteiger partial charge in [-0.1, -0.05) is 130 Å². The summed E-state index contributed by atoms with van der Waals surface area (Å²) in [6.45, 7) is 7.21. The van der Waals surface area contributed by atoms with Crippen LogP contribution in [-0.4, -0.2) is 72.6 Å². The molecule has 4 N–H and O–H groups in total. The number of benzene rings is 6. The molecule has 0 bridgehead atoms. The van der Waals surface area contributed by atoms with Crippen LogP contribution in [0.3, 0.4) is 0 Å². The second-order valence-electron chi connectivity index (χ2n) is 15.6. The molecule has 6 aromatic rings. The third-order valence-corrected chi connectivity index (χ3v) is 11.6. The van der Waals surface area contributed by atoms with Crippen molar-refractivity contribution in [3.05, 3.63) is 191 Å². The van der Waals surface area contributed by atoms with Crippen molar-refractivity contribution in [2.75, 3.05) is 54.7 Å². The predicted molar refractivity (Wildman–Crippen MR) is 260 cm³/mol. The van der Waals surface area contributed by atoms with Crippen molar-refractivity contribution in [1.82, 2.24) is 10.6 Å². The van der Waals surface area contributed by atoms with Gasteiger partial charge in [0.15, 0.2) is 0 Å². The molecular formula is C55H65N3O8. The highest BCUT2D eigenvalue weighted by atomic mass is 16.5. The van der Waals surface area contributed by atoms with Crippen molar-refractivity contribution in [2.45, 2.75) is 50.9 Å². The maximum absolute atomic E-state index is 12.3. The van der Waals surface area contributed by atoms with Crippen LogP contribution in [0.25, 0.3) is 0 Å². The molecule has 0 radical (unpaired) electrons. The van der Waals surface area contributed by atoms with Gasteiger partial charge in [-0.25, -0.2) is 0 Å². The fraction of sp³-hybridized carbons (Fsp3) is 0.309. The van der Waals surface area contributed by atoms with Gasteiger partial charge in [-0.05, 0) is 94.8 Å². The number of methoxy groups -OCH3 is 4. The van der Waals surface area contributed by atoms with Crippen LogP contribution in [0.4, 0.5) is 0 Å². The van der Waals surface area contributed by atoms with Crippen LogP contribution in [0.1, 0.15) is 67.0 Å². The quantitative estimate of drug-likeness (QED) is 0.0450. The summed E-state index contributed by atoms with van der Waals surface area (Å²) >= 11 is 0. The number of carbonyl (C=O) groups is 2. The number of nitrogens with one attached hydrogen (secondary N) is 2. The summed E-state index contributed by atoms with van der Waals surface area (Å²) in [4.78, 5) is 24.4. The maximum Gasteiger partial charge on any atom is 0.236 e. The largest absolute Gasteiger partial charge is 0.497 e. The molecule has 0 saturated heterocycles. The van der Waals surface area contributed by atoms with Gasteiger partial charge in [0.2, 0.25) is 11.8 Å². The minimum absolute atomic E-state index is 0.0212. The third-order valence-electron chi connectivity index (χ3n) is 11.6. The first-order chi connectivity index (χ1) is 32.1. The van der Waals surface area contributed by atoms with E-state index in [0.29, 0.717) is 26.1 Å². The van der Waals surface area contributed by atoms with Crippen LogP contribution in [0.2, 0.25) is 0 Å². The lowest BCUT2D eigenvalue weighted by atomic mass is 9.80. The summed E-state index contributed by atoms with van der Waals surface area (Å²) in [5.41, 5.74) is 9.83. The lowest BCUT2D eigenvalue weighted by Crippen LogP contribution is -2.42. The van der Waals surface area contributed by atoms with E-state index in [0.717, 1.165) is 62.8 Å². The average molecular weight is 896 g/mol. The highest BCUT2D eigenvalue weighted by Crippen LogP contribution is 2.43. The van der Waals surface area contributed by atoms with Crippen LogP contribution in [-0.2, 0) is 30.3 Å². The molecule has 11 nitrogen and oxygen atoms in total. The Balaban J connectivity index is 0.000000247. The molecule has 348 valence electrons. The van der Waals surface area contributed by atoms with Crippen molar-refractivity contribution in [3.8, 4) is 23.0 Å². The number of hydrogen-bond acceptors (Lipinski definition) is 9. The Morgan fingerprint density at radius 3 is 1.02 bits per heavy atom. The summed E-state index contributed by atoms with van der Waals surface area (Å²) in [7, 11) is 6.59. The normalized spacial score (nSPS) is 12.1. The standard InChI is InChI=1S/C28H33NO4.C27H32N2O4/c1-5-21(2)27(30)29-19-20-33-28(22-9-7-6-8-10-22,23-11-15-25(31-3)16-12-23)24-13-17-26(32-4)18-14-24;1-4-25(28)26(30)29-18-19-33-27(20-8-6-5-7-9-20,21-10-14-23(31-2)15-11-21)22-12-16-24(32-3)17-13-22/h6-18,21H,5,19-20H2,1-4H3,(H,29,30);5-17,25H,4,18-19,28H2,1-3H3,(H,29,30). The minimum atomic E-state index is -0.905. The average Bonchev–Trinajstić information content (AvgIpc) is 3.39. The monoisotopic (exact) mass is 895 g/mol. The molecule has 0 saturated carbocycles. The molecule has 0 aliphatic heterocycles. The summed E-state index contributed by atoms with van der Waals surface area (Å²) in [6.07, 6.45) is 1.39. The zero-order valence-electron chi connectivity index (χ0n) is 39.3. The molecule has 11 heteroatoms. The van der Waals surface area contributed by atoms with E-state index >= 15 is 0 Å². The Labute approximate surface area is 390 Å². The summed E-state index contributed by atoms with van der Waals surface area (Å²) < 4.78 is 34.8. The molecule has 6 rings (SSSR count). The Bertz CT molecular complexity index is 2080. The molecule has 2 amide bonds. The molecule has 6 aromatic carbocycles. The highest BCUT2D eigenvalue weighted by Gasteiger charge is 2.39. The molecule has 0 fully saturated rings. The second-order valence-corrected chi connectivity index (χ2v) is 15.6. The summed E-state index contributed by atoms with van der Waals surface area (Å²) in [5, 5.41) is 5.86. The van der Waals surface area contributed by atoms with Crippen LogP contribution >= 0.6 is 0 Å². The van der Waals surface area contributed by atoms with Gasteiger partial charge in [-0.2, -0.15) is 0 Å². The van der Waals surface area contributed by atoms with Gasteiger partial charge in [0.1, 0.15) is 34.2 Å². The smallest absolute Gasteiger partial charge is 0.236 e. The van der Waals surface area contributed by atoms with Crippen molar-refractivity contribution in [2.24, 2.45) is 11.7 Å². The Hall–Kier alpha value is -6.66. The van der Waals surface area contributed by atoms with Gasteiger partial charge in [0.25, 0.3) is 0 Å². The third kappa shape index (κ3) is 12.4. The molecule has 2 unspecified atom stereocenters. The predicted octanol–water partition coefficient (Wildman–Crippen LogP) is 9.04. The first-order valence-electron chi connectivity index (χ1n) is 22.4. The fourth-order valence-electron chi connectivity index (χ4n) is 7.58. The molecule has 0 aromatic heterocycles. The van der Waals surface area contributed by atoms with E-state index in [4.69, 9.17) is 34.2 Å². The molecule has 0 aliphatic rings. The highest BCUT2D eigenvalue weighted by molar-refractivity contribution is 5.81. The van der Waals surface area contributed by atoms with Gasteiger partial charge in [0, 0.05) is 19.0 Å². The van der Waals surface area contributed by atoms with Crippen molar-refractivity contribution < 1.29 is 38.0 Å².